The molecule has 0 aromatic carbocycles. The van der Waals surface area contributed by atoms with Crippen LogP contribution < -0.4 is 0 Å². The van der Waals surface area contributed by atoms with Crippen molar-refractivity contribution in [2.24, 2.45) is 5.92 Å². The van der Waals surface area contributed by atoms with E-state index >= 15 is 0 Å². The first-order chi connectivity index (χ1) is 11.6. The van der Waals surface area contributed by atoms with Gasteiger partial charge in [-0.25, -0.2) is 0 Å². The number of rotatable bonds is 2. The smallest absolute Gasteiger partial charge is 0.255 e. The van der Waals surface area contributed by atoms with Crippen molar-refractivity contribution in [3.8, 4) is 0 Å². The SMILES string of the molecule is CC1CCc2c(C(=O)N3CCCC(C)(c4ccn[nH]4)C3)csc2C1. The van der Waals surface area contributed by atoms with Gasteiger partial charge < -0.3 is 4.90 Å². The summed E-state index contributed by atoms with van der Waals surface area (Å²) in [5.41, 5.74) is 3.42. The zero-order chi connectivity index (χ0) is 16.7. The van der Waals surface area contributed by atoms with Gasteiger partial charge in [0.15, 0.2) is 0 Å². The maximum atomic E-state index is 13.2. The van der Waals surface area contributed by atoms with Gasteiger partial charge in [0.05, 0.1) is 5.56 Å². The minimum Gasteiger partial charge on any atom is -0.338 e. The second kappa shape index (κ2) is 6.03. The van der Waals surface area contributed by atoms with Crippen LogP contribution >= 0.6 is 11.3 Å². The van der Waals surface area contributed by atoms with E-state index in [9.17, 15) is 4.79 Å². The van der Waals surface area contributed by atoms with E-state index in [2.05, 4.69) is 34.3 Å². The highest BCUT2D eigenvalue weighted by molar-refractivity contribution is 7.10. The third kappa shape index (κ3) is 2.69. The lowest BCUT2D eigenvalue weighted by molar-refractivity contribution is 0.0647. The van der Waals surface area contributed by atoms with Gasteiger partial charge >= 0.3 is 0 Å². The Morgan fingerprint density at radius 2 is 2.38 bits per heavy atom. The number of aromatic nitrogens is 2. The largest absolute Gasteiger partial charge is 0.338 e. The van der Waals surface area contributed by atoms with Gasteiger partial charge in [-0.05, 0) is 49.7 Å². The van der Waals surface area contributed by atoms with Crippen LogP contribution in [0, 0.1) is 5.92 Å². The Balaban J connectivity index is 1.57. The van der Waals surface area contributed by atoms with Crippen LogP contribution in [0.25, 0.3) is 0 Å². The van der Waals surface area contributed by atoms with Crippen molar-refractivity contribution in [1.29, 1.82) is 0 Å². The predicted molar refractivity (Wildman–Crippen MR) is 96.6 cm³/mol. The molecule has 0 spiro atoms. The van der Waals surface area contributed by atoms with Crippen molar-refractivity contribution >= 4 is 17.2 Å². The Morgan fingerprint density at radius 3 is 3.17 bits per heavy atom. The number of carbonyl (C=O) groups is 1. The Hall–Kier alpha value is -1.62. The number of hydrogen-bond acceptors (Lipinski definition) is 3. The molecule has 1 aliphatic heterocycles. The first kappa shape index (κ1) is 15.9. The molecule has 0 radical (unpaired) electrons. The number of thiophene rings is 1. The maximum Gasteiger partial charge on any atom is 0.255 e. The second-order valence-electron chi connectivity index (χ2n) is 7.76. The third-order valence-corrected chi connectivity index (χ3v) is 6.82. The molecule has 24 heavy (non-hydrogen) atoms. The molecular formula is C19H25N3OS. The molecule has 128 valence electrons. The molecule has 2 aliphatic rings. The molecule has 0 saturated carbocycles. The van der Waals surface area contributed by atoms with E-state index in [-0.39, 0.29) is 11.3 Å². The van der Waals surface area contributed by atoms with Gasteiger partial charge in [0.25, 0.3) is 5.91 Å². The fourth-order valence-electron chi connectivity index (χ4n) is 4.25. The quantitative estimate of drug-likeness (QED) is 0.902. The van der Waals surface area contributed by atoms with Crippen molar-refractivity contribution in [1.82, 2.24) is 15.1 Å². The van der Waals surface area contributed by atoms with Crippen LogP contribution in [-0.2, 0) is 18.3 Å². The fourth-order valence-corrected chi connectivity index (χ4v) is 5.49. The lowest BCUT2D eigenvalue weighted by atomic mass is 9.79. The monoisotopic (exact) mass is 343 g/mol. The van der Waals surface area contributed by atoms with Gasteiger partial charge in [0.1, 0.15) is 0 Å². The first-order valence-electron chi connectivity index (χ1n) is 8.95. The van der Waals surface area contributed by atoms with Crippen LogP contribution in [0.2, 0.25) is 0 Å². The number of piperidine rings is 1. The van der Waals surface area contributed by atoms with Crippen molar-refractivity contribution in [3.05, 3.63) is 39.3 Å². The van der Waals surface area contributed by atoms with E-state index in [4.69, 9.17) is 0 Å². The van der Waals surface area contributed by atoms with Crippen LogP contribution in [0.1, 0.15) is 59.6 Å². The molecule has 4 rings (SSSR count). The van der Waals surface area contributed by atoms with Crippen LogP contribution in [0.5, 0.6) is 0 Å². The lowest BCUT2D eigenvalue weighted by Gasteiger charge is -2.40. The number of fused-ring (bicyclic) bond motifs is 1. The number of aromatic amines is 1. The topological polar surface area (TPSA) is 49.0 Å². The molecule has 2 aromatic heterocycles. The molecule has 3 heterocycles. The highest BCUT2D eigenvalue weighted by atomic mass is 32.1. The molecule has 1 N–H and O–H groups in total. The van der Waals surface area contributed by atoms with E-state index in [1.807, 2.05) is 6.07 Å². The number of amides is 1. The average Bonchev–Trinajstić information content (AvgIpc) is 3.24. The number of H-pyrrole nitrogens is 1. The van der Waals surface area contributed by atoms with Gasteiger partial charge in [-0.15, -0.1) is 11.3 Å². The Bertz CT molecular complexity index is 736. The summed E-state index contributed by atoms with van der Waals surface area (Å²) in [5.74, 6) is 0.977. The number of nitrogens with one attached hydrogen (secondary N) is 1. The molecule has 5 heteroatoms. The van der Waals surface area contributed by atoms with Crippen LogP contribution in [-0.4, -0.2) is 34.1 Å². The lowest BCUT2D eigenvalue weighted by Crippen LogP contribution is -2.47. The summed E-state index contributed by atoms with van der Waals surface area (Å²) in [6.45, 7) is 6.19. The highest BCUT2D eigenvalue weighted by Gasteiger charge is 2.37. The highest BCUT2D eigenvalue weighted by Crippen LogP contribution is 2.36. The van der Waals surface area contributed by atoms with Gasteiger partial charge in [-0.1, -0.05) is 13.8 Å². The summed E-state index contributed by atoms with van der Waals surface area (Å²) in [7, 11) is 0. The van der Waals surface area contributed by atoms with Crippen molar-refractivity contribution < 1.29 is 4.79 Å². The standard InChI is InChI=1S/C19H25N3OS/c1-13-4-5-14-15(11-24-16(14)10-13)18(23)22-9-3-7-19(2,12-22)17-6-8-20-21-17/h6,8,11,13H,3-5,7,9-10,12H2,1-2H3,(H,20,21). The molecule has 0 bridgehead atoms. The summed E-state index contributed by atoms with van der Waals surface area (Å²) < 4.78 is 0. The van der Waals surface area contributed by atoms with Crippen LogP contribution in [0.15, 0.2) is 17.6 Å². The van der Waals surface area contributed by atoms with E-state index in [1.165, 1.54) is 16.9 Å². The summed E-state index contributed by atoms with van der Waals surface area (Å²) in [5, 5.41) is 9.32. The minimum absolute atomic E-state index is 0.0188. The van der Waals surface area contributed by atoms with Crippen molar-refractivity contribution in [2.75, 3.05) is 13.1 Å². The Kier molecular flexibility index (Phi) is 3.99. The summed E-state index contributed by atoms with van der Waals surface area (Å²) in [6, 6.07) is 2.04. The molecule has 1 aliphatic carbocycles. The second-order valence-corrected chi connectivity index (χ2v) is 8.72. The van der Waals surface area contributed by atoms with E-state index in [0.717, 1.165) is 55.9 Å². The summed E-state index contributed by atoms with van der Waals surface area (Å²) in [6.07, 6.45) is 7.35. The Morgan fingerprint density at radius 1 is 1.50 bits per heavy atom. The molecular weight excluding hydrogens is 318 g/mol. The van der Waals surface area contributed by atoms with Gasteiger partial charge in [-0.2, -0.15) is 5.10 Å². The van der Waals surface area contributed by atoms with E-state index in [1.54, 1.807) is 17.5 Å². The fraction of sp³-hybridized carbons (Fsp3) is 0.579. The molecule has 2 atom stereocenters. The van der Waals surface area contributed by atoms with Crippen molar-refractivity contribution in [3.63, 3.8) is 0 Å². The number of nitrogens with zero attached hydrogens (tertiary/aromatic N) is 2. The van der Waals surface area contributed by atoms with Gasteiger partial charge in [0, 0.05) is 40.7 Å². The Labute approximate surface area is 147 Å². The van der Waals surface area contributed by atoms with Crippen molar-refractivity contribution in [2.45, 2.75) is 51.4 Å². The zero-order valence-electron chi connectivity index (χ0n) is 14.5. The molecule has 1 saturated heterocycles. The van der Waals surface area contributed by atoms with E-state index < -0.39 is 0 Å². The summed E-state index contributed by atoms with van der Waals surface area (Å²) >= 11 is 1.78. The van der Waals surface area contributed by atoms with Crippen LogP contribution in [0.4, 0.5) is 0 Å². The maximum absolute atomic E-state index is 13.2. The first-order valence-corrected chi connectivity index (χ1v) is 9.83. The average molecular weight is 343 g/mol. The molecule has 1 fully saturated rings. The number of likely N-dealkylation sites (tertiary alicyclic amines) is 1. The number of hydrogen-bond donors (Lipinski definition) is 1. The van der Waals surface area contributed by atoms with Crippen LogP contribution in [0.3, 0.4) is 0 Å². The molecule has 2 aromatic rings. The number of carbonyl (C=O) groups excluding carboxylic acids is 1. The third-order valence-electron chi connectivity index (χ3n) is 5.77. The minimum atomic E-state index is -0.0188. The predicted octanol–water partition coefficient (Wildman–Crippen LogP) is 3.79. The normalized spacial score (nSPS) is 27.1. The summed E-state index contributed by atoms with van der Waals surface area (Å²) in [4.78, 5) is 16.7. The zero-order valence-corrected chi connectivity index (χ0v) is 15.3. The molecule has 4 nitrogen and oxygen atoms in total. The van der Waals surface area contributed by atoms with Gasteiger partial charge in [0.2, 0.25) is 0 Å². The molecule has 1 amide bonds. The molecule has 2 unspecified atom stereocenters. The van der Waals surface area contributed by atoms with Gasteiger partial charge in [-0.3, -0.25) is 9.89 Å². The van der Waals surface area contributed by atoms with E-state index in [0.29, 0.717) is 0 Å².